The van der Waals surface area contributed by atoms with E-state index >= 15 is 0 Å². The third-order valence-corrected chi connectivity index (χ3v) is 2.22. The molecule has 0 saturated heterocycles. The molecule has 0 aliphatic rings. The van der Waals surface area contributed by atoms with Crippen LogP contribution in [0.15, 0.2) is 0 Å². The molecule has 0 aromatic rings. The van der Waals surface area contributed by atoms with Crippen LogP contribution in [0.1, 0.15) is 46.5 Å². The first-order chi connectivity index (χ1) is 6.57. The lowest BCUT2D eigenvalue weighted by Gasteiger charge is -2.13. The summed E-state index contributed by atoms with van der Waals surface area (Å²) in [5.41, 5.74) is 0. The molecule has 3 heteroatoms. The lowest BCUT2D eigenvalue weighted by Crippen LogP contribution is -2.37. The molecular weight excluding hydrogens is 178 g/mol. The van der Waals surface area contributed by atoms with Gasteiger partial charge in [0.15, 0.2) is 0 Å². The molecule has 1 unspecified atom stereocenters. The van der Waals surface area contributed by atoms with Gasteiger partial charge in [-0.1, -0.05) is 27.2 Å². The van der Waals surface area contributed by atoms with E-state index in [2.05, 4.69) is 19.2 Å². The molecule has 0 fully saturated rings. The Bertz CT molecular complexity index is 157. The molecule has 0 aromatic carbocycles. The van der Waals surface area contributed by atoms with Crippen LogP contribution in [0.5, 0.6) is 0 Å². The van der Waals surface area contributed by atoms with Gasteiger partial charge in [-0.25, -0.2) is 0 Å². The highest BCUT2D eigenvalue weighted by Crippen LogP contribution is 2.03. The maximum Gasteiger partial charge on any atom is 0.320 e. The number of hydrogen-bond donors (Lipinski definition) is 2. The average Bonchev–Trinajstić information content (AvgIpc) is 2.09. The second-order valence-electron chi connectivity index (χ2n) is 4.17. The lowest BCUT2D eigenvalue weighted by molar-refractivity contribution is -0.139. The van der Waals surface area contributed by atoms with Crippen LogP contribution < -0.4 is 5.32 Å². The number of rotatable bonds is 8. The van der Waals surface area contributed by atoms with Crippen molar-refractivity contribution in [3.63, 3.8) is 0 Å². The lowest BCUT2D eigenvalue weighted by atomic mass is 10.1. The van der Waals surface area contributed by atoms with Crippen LogP contribution in [0, 0.1) is 5.92 Å². The highest BCUT2D eigenvalue weighted by molar-refractivity contribution is 5.73. The standard InChI is InChI=1S/C11H23NO2/c1-4-6-10(11(13)14)12-8-5-7-9(2)3/h9-10,12H,4-8H2,1-3H3,(H,13,14). The molecular formula is C11H23NO2. The number of carboxylic acid groups (broad SMARTS) is 1. The normalized spacial score (nSPS) is 13.1. The van der Waals surface area contributed by atoms with E-state index in [0.29, 0.717) is 5.92 Å². The molecule has 2 N–H and O–H groups in total. The predicted molar refractivity (Wildman–Crippen MR) is 58.4 cm³/mol. The van der Waals surface area contributed by atoms with E-state index in [4.69, 9.17) is 5.11 Å². The summed E-state index contributed by atoms with van der Waals surface area (Å²) in [5, 5.41) is 11.9. The molecule has 84 valence electrons. The van der Waals surface area contributed by atoms with Gasteiger partial charge in [0, 0.05) is 0 Å². The van der Waals surface area contributed by atoms with Crippen LogP contribution >= 0.6 is 0 Å². The number of nitrogens with one attached hydrogen (secondary N) is 1. The molecule has 3 nitrogen and oxygen atoms in total. The van der Waals surface area contributed by atoms with Crippen molar-refractivity contribution in [2.24, 2.45) is 5.92 Å². The van der Waals surface area contributed by atoms with Crippen molar-refractivity contribution >= 4 is 5.97 Å². The van der Waals surface area contributed by atoms with Crippen LogP contribution in [-0.2, 0) is 4.79 Å². The summed E-state index contributed by atoms with van der Waals surface area (Å²) in [4.78, 5) is 10.8. The molecule has 0 aliphatic carbocycles. The first kappa shape index (κ1) is 13.4. The van der Waals surface area contributed by atoms with Crippen LogP contribution in [0.3, 0.4) is 0 Å². The Labute approximate surface area is 86.9 Å². The number of carbonyl (C=O) groups is 1. The van der Waals surface area contributed by atoms with E-state index in [1.807, 2.05) is 6.92 Å². The molecule has 0 aromatic heterocycles. The third-order valence-electron chi connectivity index (χ3n) is 2.22. The van der Waals surface area contributed by atoms with Crippen LogP contribution in [0.2, 0.25) is 0 Å². The Balaban J connectivity index is 3.56. The molecule has 14 heavy (non-hydrogen) atoms. The largest absolute Gasteiger partial charge is 0.480 e. The summed E-state index contributed by atoms with van der Waals surface area (Å²) in [5.74, 6) is -0.0253. The Hall–Kier alpha value is -0.570. The molecule has 0 radical (unpaired) electrons. The van der Waals surface area contributed by atoms with Gasteiger partial charge in [0.25, 0.3) is 0 Å². The van der Waals surface area contributed by atoms with Gasteiger partial charge in [-0.05, 0) is 31.7 Å². The quantitative estimate of drug-likeness (QED) is 0.592. The SMILES string of the molecule is CCCC(NCCCC(C)C)C(=O)O. The monoisotopic (exact) mass is 201 g/mol. The van der Waals surface area contributed by atoms with E-state index in [0.717, 1.165) is 32.2 Å². The topological polar surface area (TPSA) is 49.3 Å². The Morgan fingerprint density at radius 3 is 2.43 bits per heavy atom. The summed E-state index contributed by atoms with van der Waals surface area (Å²) in [7, 11) is 0. The molecule has 0 saturated carbocycles. The zero-order valence-electron chi connectivity index (χ0n) is 9.55. The maximum atomic E-state index is 10.8. The van der Waals surface area contributed by atoms with E-state index < -0.39 is 5.97 Å². The molecule has 1 atom stereocenters. The first-order valence-electron chi connectivity index (χ1n) is 5.54. The Morgan fingerprint density at radius 2 is 2.00 bits per heavy atom. The van der Waals surface area contributed by atoms with Crippen LogP contribution in [-0.4, -0.2) is 23.7 Å². The van der Waals surface area contributed by atoms with Crippen LogP contribution in [0.4, 0.5) is 0 Å². The van der Waals surface area contributed by atoms with Crippen molar-refractivity contribution in [2.75, 3.05) is 6.54 Å². The minimum absolute atomic E-state index is 0.354. The highest BCUT2D eigenvalue weighted by atomic mass is 16.4. The number of aliphatic carboxylic acids is 1. The van der Waals surface area contributed by atoms with E-state index in [1.54, 1.807) is 0 Å². The zero-order valence-corrected chi connectivity index (χ0v) is 9.55. The minimum atomic E-state index is -0.726. The molecule has 0 amide bonds. The van der Waals surface area contributed by atoms with E-state index in [-0.39, 0.29) is 6.04 Å². The number of hydrogen-bond acceptors (Lipinski definition) is 2. The first-order valence-corrected chi connectivity index (χ1v) is 5.54. The fourth-order valence-electron chi connectivity index (χ4n) is 1.39. The minimum Gasteiger partial charge on any atom is -0.480 e. The van der Waals surface area contributed by atoms with E-state index in [1.165, 1.54) is 0 Å². The summed E-state index contributed by atoms with van der Waals surface area (Å²) < 4.78 is 0. The summed E-state index contributed by atoms with van der Waals surface area (Å²) in [6, 6.07) is -0.354. The Kier molecular flexibility index (Phi) is 7.48. The summed E-state index contributed by atoms with van der Waals surface area (Å²) in [6.45, 7) is 7.18. The zero-order chi connectivity index (χ0) is 11.0. The fraction of sp³-hybridized carbons (Fsp3) is 0.909. The number of carboxylic acids is 1. The van der Waals surface area contributed by atoms with E-state index in [9.17, 15) is 4.79 Å². The van der Waals surface area contributed by atoms with Gasteiger partial charge in [-0.2, -0.15) is 0 Å². The predicted octanol–water partition coefficient (Wildman–Crippen LogP) is 2.27. The van der Waals surface area contributed by atoms with Gasteiger partial charge in [-0.3, -0.25) is 4.79 Å². The van der Waals surface area contributed by atoms with Gasteiger partial charge < -0.3 is 10.4 Å². The van der Waals surface area contributed by atoms with Gasteiger partial charge >= 0.3 is 5.97 Å². The summed E-state index contributed by atoms with van der Waals surface area (Å²) >= 11 is 0. The fourth-order valence-corrected chi connectivity index (χ4v) is 1.39. The summed E-state index contributed by atoms with van der Waals surface area (Å²) in [6.07, 6.45) is 3.85. The van der Waals surface area contributed by atoms with Crippen molar-refractivity contribution in [2.45, 2.75) is 52.5 Å². The van der Waals surface area contributed by atoms with Crippen molar-refractivity contribution in [3.05, 3.63) is 0 Å². The van der Waals surface area contributed by atoms with Gasteiger partial charge in [0.2, 0.25) is 0 Å². The average molecular weight is 201 g/mol. The Morgan fingerprint density at radius 1 is 1.36 bits per heavy atom. The third kappa shape index (κ3) is 6.89. The molecule has 0 bridgehead atoms. The maximum absolute atomic E-state index is 10.8. The second-order valence-corrected chi connectivity index (χ2v) is 4.17. The second kappa shape index (κ2) is 7.80. The molecule has 0 spiro atoms. The molecule has 0 rings (SSSR count). The van der Waals surface area contributed by atoms with Crippen molar-refractivity contribution in [3.8, 4) is 0 Å². The highest BCUT2D eigenvalue weighted by Gasteiger charge is 2.14. The smallest absolute Gasteiger partial charge is 0.320 e. The van der Waals surface area contributed by atoms with Gasteiger partial charge in [0.05, 0.1) is 0 Å². The van der Waals surface area contributed by atoms with Crippen molar-refractivity contribution in [1.82, 2.24) is 5.32 Å². The van der Waals surface area contributed by atoms with Crippen LogP contribution in [0.25, 0.3) is 0 Å². The molecule has 0 aliphatic heterocycles. The van der Waals surface area contributed by atoms with Crippen molar-refractivity contribution in [1.29, 1.82) is 0 Å². The van der Waals surface area contributed by atoms with Gasteiger partial charge in [-0.15, -0.1) is 0 Å². The van der Waals surface area contributed by atoms with Gasteiger partial charge in [0.1, 0.15) is 6.04 Å². The molecule has 0 heterocycles. The van der Waals surface area contributed by atoms with Crippen molar-refractivity contribution < 1.29 is 9.90 Å².